The molecular weight excluding hydrogens is 218 g/mol. The molecule has 0 spiro atoms. The molecule has 1 heteroatoms. The molecule has 0 N–H and O–H groups in total. The van der Waals surface area contributed by atoms with Gasteiger partial charge in [-0.2, -0.15) is 5.26 Å². The fraction of sp³-hybridized carbons (Fsp3) is 0.353. The van der Waals surface area contributed by atoms with E-state index < -0.39 is 0 Å². The van der Waals surface area contributed by atoms with Gasteiger partial charge in [-0.3, -0.25) is 0 Å². The standard InChI is InChI=1S/C17H21N/c1-5-15(12-18)7-6-8-16-9-10-17(11-16)14(4)13(2)3/h6-10H,5,11H2,1-4H3/b8-6+,15-7-. The normalized spacial score (nSPS) is 15.4. The van der Waals surface area contributed by atoms with Crippen LogP contribution in [0, 0.1) is 11.3 Å². The summed E-state index contributed by atoms with van der Waals surface area (Å²) < 4.78 is 0. The molecule has 0 heterocycles. The van der Waals surface area contributed by atoms with E-state index in [4.69, 9.17) is 5.26 Å². The zero-order valence-electron chi connectivity index (χ0n) is 11.7. The van der Waals surface area contributed by atoms with Gasteiger partial charge in [-0.1, -0.05) is 36.8 Å². The Morgan fingerprint density at radius 2 is 2.06 bits per heavy atom. The van der Waals surface area contributed by atoms with Crippen molar-refractivity contribution in [2.45, 2.75) is 40.5 Å². The van der Waals surface area contributed by atoms with Crippen molar-refractivity contribution in [1.29, 1.82) is 5.26 Å². The van der Waals surface area contributed by atoms with Gasteiger partial charge in [0.05, 0.1) is 6.07 Å². The van der Waals surface area contributed by atoms with E-state index >= 15 is 0 Å². The summed E-state index contributed by atoms with van der Waals surface area (Å²) in [7, 11) is 0. The molecular formula is C17H21N. The average molecular weight is 239 g/mol. The van der Waals surface area contributed by atoms with Crippen LogP contribution < -0.4 is 0 Å². The van der Waals surface area contributed by atoms with Crippen molar-refractivity contribution in [2.75, 3.05) is 0 Å². The van der Waals surface area contributed by atoms with E-state index in [2.05, 4.69) is 45.1 Å². The molecule has 1 aliphatic rings. The third-order valence-electron chi connectivity index (χ3n) is 3.26. The molecule has 0 amide bonds. The van der Waals surface area contributed by atoms with E-state index in [1.54, 1.807) is 0 Å². The predicted octanol–water partition coefficient (Wildman–Crippen LogP) is 5.02. The van der Waals surface area contributed by atoms with Gasteiger partial charge in [-0.25, -0.2) is 0 Å². The largest absolute Gasteiger partial charge is 0.193 e. The van der Waals surface area contributed by atoms with Gasteiger partial charge >= 0.3 is 0 Å². The van der Waals surface area contributed by atoms with Crippen LogP contribution >= 0.6 is 0 Å². The van der Waals surface area contributed by atoms with Crippen molar-refractivity contribution >= 4 is 0 Å². The van der Waals surface area contributed by atoms with Gasteiger partial charge < -0.3 is 0 Å². The van der Waals surface area contributed by atoms with Crippen molar-refractivity contribution in [3.8, 4) is 6.07 Å². The second kappa shape index (κ2) is 6.81. The lowest BCUT2D eigenvalue weighted by molar-refractivity contribution is 1.14. The quantitative estimate of drug-likeness (QED) is 0.499. The first-order valence-electron chi connectivity index (χ1n) is 6.40. The highest BCUT2D eigenvalue weighted by atomic mass is 14.2. The highest BCUT2D eigenvalue weighted by molar-refractivity contribution is 5.47. The molecule has 0 bridgehead atoms. The number of rotatable bonds is 4. The maximum Gasteiger partial charge on any atom is 0.0946 e. The second-order valence-electron chi connectivity index (χ2n) is 4.75. The average Bonchev–Trinajstić information content (AvgIpc) is 2.82. The van der Waals surface area contributed by atoms with Crippen molar-refractivity contribution in [3.05, 3.63) is 58.2 Å². The molecule has 0 aromatic carbocycles. The van der Waals surface area contributed by atoms with Crippen molar-refractivity contribution < 1.29 is 0 Å². The van der Waals surface area contributed by atoms with Crippen LogP contribution in [-0.4, -0.2) is 0 Å². The minimum atomic E-state index is 0.792. The zero-order valence-corrected chi connectivity index (χ0v) is 11.7. The van der Waals surface area contributed by atoms with E-state index in [1.807, 2.05) is 19.1 Å². The Balaban J connectivity index is 2.62. The van der Waals surface area contributed by atoms with Crippen molar-refractivity contribution in [3.63, 3.8) is 0 Å². The van der Waals surface area contributed by atoms with Crippen LogP contribution in [0.5, 0.6) is 0 Å². The van der Waals surface area contributed by atoms with Crippen LogP contribution in [0.4, 0.5) is 0 Å². The van der Waals surface area contributed by atoms with E-state index in [-0.39, 0.29) is 0 Å². The Kier molecular flexibility index (Phi) is 5.39. The Morgan fingerprint density at radius 3 is 2.61 bits per heavy atom. The molecule has 0 aromatic rings. The van der Waals surface area contributed by atoms with Crippen LogP contribution in [0.2, 0.25) is 0 Å². The topological polar surface area (TPSA) is 23.8 Å². The fourth-order valence-corrected chi connectivity index (χ4v) is 1.76. The Hall–Kier alpha value is -1.81. The van der Waals surface area contributed by atoms with Crippen molar-refractivity contribution in [1.82, 2.24) is 0 Å². The molecule has 0 aromatic heterocycles. The van der Waals surface area contributed by atoms with Gasteiger partial charge in [0, 0.05) is 5.57 Å². The van der Waals surface area contributed by atoms with Gasteiger partial charge in [0.2, 0.25) is 0 Å². The Bertz CT molecular complexity index is 498. The lowest BCUT2D eigenvalue weighted by atomic mass is 10.0. The van der Waals surface area contributed by atoms with Crippen LogP contribution in [0.3, 0.4) is 0 Å². The van der Waals surface area contributed by atoms with E-state index in [1.165, 1.54) is 22.3 Å². The van der Waals surface area contributed by atoms with Crippen LogP contribution in [0.25, 0.3) is 0 Å². The van der Waals surface area contributed by atoms with Crippen LogP contribution in [-0.2, 0) is 0 Å². The maximum absolute atomic E-state index is 8.81. The third-order valence-corrected chi connectivity index (χ3v) is 3.26. The number of nitriles is 1. The first-order valence-corrected chi connectivity index (χ1v) is 6.40. The summed E-state index contributed by atoms with van der Waals surface area (Å²) in [4.78, 5) is 0. The second-order valence-corrected chi connectivity index (χ2v) is 4.75. The lowest BCUT2D eigenvalue weighted by Crippen LogP contribution is -1.86. The van der Waals surface area contributed by atoms with E-state index in [0.717, 1.165) is 18.4 Å². The summed E-state index contributed by atoms with van der Waals surface area (Å²) in [5, 5.41) is 8.81. The Labute approximate surface area is 111 Å². The molecule has 0 radical (unpaired) electrons. The summed E-state index contributed by atoms with van der Waals surface area (Å²) >= 11 is 0. The van der Waals surface area contributed by atoms with Gasteiger partial charge in [0.25, 0.3) is 0 Å². The van der Waals surface area contributed by atoms with Crippen LogP contribution in [0.1, 0.15) is 40.5 Å². The third kappa shape index (κ3) is 3.89. The molecule has 0 fully saturated rings. The first-order chi connectivity index (χ1) is 8.58. The highest BCUT2D eigenvalue weighted by Crippen LogP contribution is 2.27. The smallest absolute Gasteiger partial charge is 0.0946 e. The predicted molar refractivity (Wildman–Crippen MR) is 78.0 cm³/mol. The molecule has 94 valence electrons. The molecule has 1 nitrogen and oxygen atoms in total. The SMILES string of the molecule is CC/C(C#N)=C/C=C/C1=CC=C(C(C)=C(C)C)C1. The minimum absolute atomic E-state index is 0.792. The molecule has 0 saturated carbocycles. The zero-order chi connectivity index (χ0) is 13.5. The summed E-state index contributed by atoms with van der Waals surface area (Å²) in [6.07, 6.45) is 12.1. The summed E-state index contributed by atoms with van der Waals surface area (Å²) in [5.41, 5.74) is 6.28. The summed E-state index contributed by atoms with van der Waals surface area (Å²) in [6.45, 7) is 8.46. The summed E-state index contributed by atoms with van der Waals surface area (Å²) in [5.74, 6) is 0. The van der Waals surface area contributed by atoms with E-state index in [0.29, 0.717) is 0 Å². The molecule has 0 saturated heterocycles. The lowest BCUT2D eigenvalue weighted by Gasteiger charge is -2.05. The first kappa shape index (κ1) is 14.3. The molecule has 0 unspecified atom stereocenters. The molecule has 1 rings (SSSR count). The van der Waals surface area contributed by atoms with Gasteiger partial charge in [0.1, 0.15) is 0 Å². The fourth-order valence-electron chi connectivity index (χ4n) is 1.76. The monoisotopic (exact) mass is 239 g/mol. The number of allylic oxidation sites excluding steroid dienone is 10. The number of hydrogen-bond acceptors (Lipinski definition) is 1. The molecule has 1 aliphatic carbocycles. The molecule has 0 aliphatic heterocycles. The van der Waals surface area contributed by atoms with Crippen LogP contribution in [0.15, 0.2) is 58.2 Å². The van der Waals surface area contributed by atoms with E-state index in [9.17, 15) is 0 Å². The van der Waals surface area contributed by atoms with Gasteiger partial charge in [-0.05, 0) is 56.4 Å². The number of hydrogen-bond donors (Lipinski definition) is 0. The van der Waals surface area contributed by atoms with Gasteiger partial charge in [-0.15, -0.1) is 0 Å². The minimum Gasteiger partial charge on any atom is -0.193 e. The summed E-state index contributed by atoms with van der Waals surface area (Å²) in [6, 6.07) is 2.19. The number of nitrogens with zero attached hydrogens (tertiary/aromatic N) is 1. The maximum atomic E-state index is 8.81. The van der Waals surface area contributed by atoms with Crippen molar-refractivity contribution in [2.24, 2.45) is 0 Å². The highest BCUT2D eigenvalue weighted by Gasteiger charge is 2.08. The molecule has 0 atom stereocenters. The Morgan fingerprint density at radius 1 is 1.33 bits per heavy atom. The molecule has 18 heavy (non-hydrogen) atoms. The van der Waals surface area contributed by atoms with Gasteiger partial charge in [0.15, 0.2) is 0 Å².